The fraction of sp³-hybridized carbons (Fsp3) is 0.882. The standard InChI is InChI=1S/C17H33N5O4S.HI/c1-4-27(24,25)22-9-7-14(8-10-22)20-17(19-13-16(23)21(2)3)18-12-15-6-5-11-26-15;/h14-15H,4-13H2,1-3H3,(H2,18,19,20);1H. The van der Waals surface area contributed by atoms with Crippen molar-refractivity contribution in [2.45, 2.75) is 44.8 Å². The number of hydrogen-bond acceptors (Lipinski definition) is 5. The number of nitrogens with zero attached hydrogens (tertiary/aromatic N) is 3. The summed E-state index contributed by atoms with van der Waals surface area (Å²) in [6, 6.07) is 0.124. The Morgan fingerprint density at radius 2 is 1.93 bits per heavy atom. The zero-order valence-electron chi connectivity index (χ0n) is 17.0. The Labute approximate surface area is 185 Å². The molecule has 2 fully saturated rings. The number of carbonyl (C=O) groups excluding carboxylic acids is 1. The molecule has 0 aromatic heterocycles. The summed E-state index contributed by atoms with van der Waals surface area (Å²) >= 11 is 0. The maximum Gasteiger partial charge on any atom is 0.243 e. The number of nitrogens with one attached hydrogen (secondary N) is 2. The van der Waals surface area contributed by atoms with Gasteiger partial charge in [-0.25, -0.2) is 17.7 Å². The first-order chi connectivity index (χ1) is 12.8. The van der Waals surface area contributed by atoms with Crippen molar-refractivity contribution in [3.05, 3.63) is 0 Å². The number of rotatable bonds is 7. The van der Waals surface area contributed by atoms with Crippen molar-refractivity contribution in [3.8, 4) is 0 Å². The van der Waals surface area contributed by atoms with Crippen LogP contribution in [0.25, 0.3) is 0 Å². The zero-order chi connectivity index (χ0) is 19.9. The van der Waals surface area contributed by atoms with Crippen molar-refractivity contribution in [3.63, 3.8) is 0 Å². The number of hydrogen-bond donors (Lipinski definition) is 2. The van der Waals surface area contributed by atoms with E-state index in [4.69, 9.17) is 4.74 Å². The lowest BCUT2D eigenvalue weighted by atomic mass is 10.1. The molecule has 0 saturated carbocycles. The van der Waals surface area contributed by atoms with E-state index in [1.807, 2.05) is 0 Å². The van der Waals surface area contributed by atoms with Crippen LogP contribution in [0.5, 0.6) is 0 Å². The highest BCUT2D eigenvalue weighted by Crippen LogP contribution is 2.14. The predicted molar refractivity (Wildman–Crippen MR) is 121 cm³/mol. The van der Waals surface area contributed by atoms with Crippen LogP contribution in [0.15, 0.2) is 4.99 Å². The number of amides is 1. The summed E-state index contributed by atoms with van der Waals surface area (Å²) in [4.78, 5) is 17.8. The number of aliphatic imine (C=N–C) groups is 1. The van der Waals surface area contributed by atoms with Crippen molar-refractivity contribution in [1.29, 1.82) is 0 Å². The molecule has 0 radical (unpaired) electrons. The minimum Gasteiger partial charge on any atom is -0.376 e. The fourth-order valence-electron chi connectivity index (χ4n) is 3.11. The summed E-state index contributed by atoms with van der Waals surface area (Å²) in [7, 11) is 0.274. The molecule has 2 rings (SSSR count). The molecule has 0 spiro atoms. The first-order valence-corrected chi connectivity index (χ1v) is 11.3. The van der Waals surface area contributed by atoms with Crippen LogP contribution in [0.2, 0.25) is 0 Å². The van der Waals surface area contributed by atoms with Crippen molar-refractivity contribution in [2.75, 3.05) is 52.6 Å². The summed E-state index contributed by atoms with van der Waals surface area (Å²) in [5, 5.41) is 6.62. The third-order valence-corrected chi connectivity index (χ3v) is 6.83. The molecule has 9 nitrogen and oxygen atoms in total. The average Bonchev–Trinajstić information content (AvgIpc) is 3.17. The molecule has 11 heteroatoms. The van der Waals surface area contributed by atoms with Gasteiger partial charge in [0.05, 0.1) is 11.9 Å². The van der Waals surface area contributed by atoms with Crippen LogP contribution in [0.1, 0.15) is 32.6 Å². The molecule has 0 aromatic rings. The number of sulfonamides is 1. The smallest absolute Gasteiger partial charge is 0.243 e. The summed E-state index contributed by atoms with van der Waals surface area (Å²) in [5.41, 5.74) is 0. The van der Waals surface area contributed by atoms with Gasteiger partial charge in [0.2, 0.25) is 15.9 Å². The highest BCUT2D eigenvalue weighted by molar-refractivity contribution is 14.0. The Morgan fingerprint density at radius 3 is 2.46 bits per heavy atom. The Balaban J connectivity index is 0.00000392. The Morgan fingerprint density at radius 1 is 1.25 bits per heavy atom. The van der Waals surface area contributed by atoms with Gasteiger partial charge in [-0.15, -0.1) is 24.0 Å². The molecular weight excluding hydrogens is 497 g/mol. The van der Waals surface area contributed by atoms with Gasteiger partial charge >= 0.3 is 0 Å². The fourth-order valence-corrected chi connectivity index (χ4v) is 4.24. The minimum atomic E-state index is -3.13. The quantitative estimate of drug-likeness (QED) is 0.277. The Hall–Kier alpha value is -0.660. The van der Waals surface area contributed by atoms with Crippen LogP contribution in [0, 0.1) is 0 Å². The number of halogens is 1. The van der Waals surface area contributed by atoms with Crippen molar-refractivity contribution in [1.82, 2.24) is 19.8 Å². The van der Waals surface area contributed by atoms with Crippen LogP contribution >= 0.6 is 24.0 Å². The molecule has 2 saturated heterocycles. The largest absolute Gasteiger partial charge is 0.376 e. The van der Waals surface area contributed by atoms with Crippen molar-refractivity contribution >= 4 is 45.9 Å². The minimum absolute atomic E-state index is 0. The van der Waals surface area contributed by atoms with Gasteiger partial charge < -0.3 is 20.3 Å². The Bertz CT molecular complexity index is 615. The second-order valence-corrected chi connectivity index (χ2v) is 9.44. The molecule has 2 heterocycles. The molecular formula is C17H34IN5O4S. The van der Waals surface area contributed by atoms with Gasteiger partial charge in [0.1, 0.15) is 6.54 Å². The lowest BCUT2D eigenvalue weighted by Gasteiger charge is -2.32. The molecule has 0 aromatic carbocycles. The van der Waals surface area contributed by atoms with Gasteiger partial charge in [-0.05, 0) is 32.6 Å². The highest BCUT2D eigenvalue weighted by atomic mass is 127. The second-order valence-electron chi connectivity index (χ2n) is 7.19. The SMILES string of the molecule is CCS(=O)(=O)N1CCC(NC(=NCC(=O)N(C)C)NCC2CCCO2)CC1.I. The summed E-state index contributed by atoms with van der Waals surface area (Å²) in [5.74, 6) is 0.641. The van der Waals surface area contributed by atoms with Crippen LogP contribution < -0.4 is 10.6 Å². The first-order valence-electron chi connectivity index (χ1n) is 9.66. The van der Waals surface area contributed by atoms with Gasteiger partial charge in [0.15, 0.2) is 5.96 Å². The van der Waals surface area contributed by atoms with Gasteiger partial charge in [-0.1, -0.05) is 0 Å². The second kappa shape index (κ2) is 12.1. The number of guanidine groups is 1. The third-order valence-electron chi connectivity index (χ3n) is 4.95. The van der Waals surface area contributed by atoms with Gasteiger partial charge in [0, 0.05) is 46.4 Å². The number of ether oxygens (including phenoxy) is 1. The topological polar surface area (TPSA) is 103 Å². The maximum atomic E-state index is 12.0. The van der Waals surface area contributed by atoms with E-state index in [-0.39, 0.29) is 54.3 Å². The lowest BCUT2D eigenvalue weighted by molar-refractivity contribution is -0.127. The molecule has 2 aliphatic rings. The van der Waals surface area contributed by atoms with E-state index >= 15 is 0 Å². The molecule has 1 unspecified atom stereocenters. The average molecular weight is 531 g/mol. The van der Waals surface area contributed by atoms with Crippen LogP contribution in [0.4, 0.5) is 0 Å². The van der Waals surface area contributed by atoms with E-state index in [1.165, 1.54) is 4.90 Å². The number of piperidine rings is 1. The van der Waals surface area contributed by atoms with E-state index < -0.39 is 10.0 Å². The summed E-state index contributed by atoms with van der Waals surface area (Å²) in [6.45, 7) is 4.17. The van der Waals surface area contributed by atoms with E-state index in [0.717, 1.165) is 19.4 Å². The monoisotopic (exact) mass is 531 g/mol. The molecule has 164 valence electrons. The van der Waals surface area contributed by atoms with Gasteiger partial charge in [-0.2, -0.15) is 0 Å². The molecule has 1 amide bonds. The third kappa shape index (κ3) is 7.99. The molecule has 2 aliphatic heterocycles. The van der Waals surface area contributed by atoms with E-state index in [1.54, 1.807) is 25.3 Å². The van der Waals surface area contributed by atoms with Crippen LogP contribution in [-0.4, -0.2) is 94.3 Å². The first kappa shape index (κ1) is 25.4. The Kier molecular flexibility index (Phi) is 11.0. The summed E-state index contributed by atoms with van der Waals surface area (Å²) in [6.07, 6.45) is 3.67. The molecule has 28 heavy (non-hydrogen) atoms. The van der Waals surface area contributed by atoms with Crippen LogP contribution in [0.3, 0.4) is 0 Å². The zero-order valence-corrected chi connectivity index (χ0v) is 20.2. The molecule has 0 aliphatic carbocycles. The maximum absolute atomic E-state index is 12.0. The van der Waals surface area contributed by atoms with E-state index in [9.17, 15) is 13.2 Å². The lowest BCUT2D eigenvalue weighted by Crippen LogP contribution is -2.51. The molecule has 2 N–H and O–H groups in total. The number of carbonyl (C=O) groups is 1. The van der Waals surface area contributed by atoms with Crippen molar-refractivity contribution < 1.29 is 17.9 Å². The van der Waals surface area contributed by atoms with Crippen LogP contribution in [-0.2, 0) is 19.6 Å². The molecule has 1 atom stereocenters. The normalized spacial score (nSPS) is 21.8. The highest BCUT2D eigenvalue weighted by Gasteiger charge is 2.27. The van der Waals surface area contributed by atoms with Crippen molar-refractivity contribution in [2.24, 2.45) is 4.99 Å². The molecule has 0 bridgehead atoms. The van der Waals surface area contributed by atoms with Gasteiger partial charge in [0.25, 0.3) is 0 Å². The number of likely N-dealkylation sites (N-methyl/N-ethyl adjacent to an activating group) is 1. The predicted octanol–water partition coefficient (Wildman–Crippen LogP) is 0.221. The van der Waals surface area contributed by atoms with Gasteiger partial charge in [-0.3, -0.25) is 4.79 Å². The van der Waals surface area contributed by atoms with E-state index in [2.05, 4.69) is 15.6 Å². The van der Waals surface area contributed by atoms with E-state index in [0.29, 0.717) is 38.4 Å². The summed E-state index contributed by atoms with van der Waals surface area (Å²) < 4.78 is 31.2.